The molecule has 2 heteroatoms. The standard InChI is InChI=1S/C13H14O2/c1-8-6-7-10-12-9(8)4-2-3-5-11(12)15-13(10)14/h6-7,11H,2-5H2,1H3. The highest BCUT2D eigenvalue weighted by atomic mass is 16.5. The second-order valence-corrected chi connectivity index (χ2v) is 4.46. The summed E-state index contributed by atoms with van der Waals surface area (Å²) < 4.78 is 5.41. The van der Waals surface area contributed by atoms with Gasteiger partial charge in [0.15, 0.2) is 0 Å². The maximum atomic E-state index is 11.6. The van der Waals surface area contributed by atoms with E-state index >= 15 is 0 Å². The first-order valence-electron chi connectivity index (χ1n) is 5.61. The zero-order valence-corrected chi connectivity index (χ0v) is 8.88. The third-order valence-corrected chi connectivity index (χ3v) is 3.53. The molecule has 0 saturated carbocycles. The Hall–Kier alpha value is -1.31. The van der Waals surface area contributed by atoms with Crippen molar-refractivity contribution in [1.29, 1.82) is 0 Å². The summed E-state index contributed by atoms with van der Waals surface area (Å²) in [6.45, 7) is 2.13. The Morgan fingerprint density at radius 3 is 3.07 bits per heavy atom. The lowest BCUT2D eigenvalue weighted by atomic mass is 9.93. The normalized spacial score (nSPS) is 23.3. The topological polar surface area (TPSA) is 26.3 Å². The number of benzene rings is 1. The van der Waals surface area contributed by atoms with Crippen molar-refractivity contribution in [1.82, 2.24) is 0 Å². The Balaban J connectivity index is 2.26. The molecule has 1 aliphatic carbocycles. The first-order chi connectivity index (χ1) is 7.27. The molecule has 1 atom stereocenters. The Labute approximate surface area is 89.2 Å². The van der Waals surface area contributed by atoms with Crippen LogP contribution in [0.1, 0.15) is 52.4 Å². The predicted octanol–water partition coefficient (Wildman–Crippen LogP) is 2.93. The van der Waals surface area contributed by atoms with E-state index in [9.17, 15) is 4.79 Å². The lowest BCUT2D eigenvalue weighted by Gasteiger charge is -2.11. The molecule has 1 aliphatic heterocycles. The summed E-state index contributed by atoms with van der Waals surface area (Å²) in [4.78, 5) is 11.6. The smallest absolute Gasteiger partial charge is 0.339 e. The van der Waals surface area contributed by atoms with Crippen LogP contribution in [0, 0.1) is 6.92 Å². The number of esters is 1. The summed E-state index contributed by atoms with van der Waals surface area (Å²) in [6, 6.07) is 3.96. The van der Waals surface area contributed by atoms with Crippen LogP contribution in [0.4, 0.5) is 0 Å². The van der Waals surface area contributed by atoms with Crippen LogP contribution in [0.5, 0.6) is 0 Å². The minimum absolute atomic E-state index is 0.0462. The van der Waals surface area contributed by atoms with Gasteiger partial charge in [-0.15, -0.1) is 0 Å². The largest absolute Gasteiger partial charge is 0.454 e. The molecule has 1 unspecified atom stereocenters. The first kappa shape index (κ1) is 8.96. The van der Waals surface area contributed by atoms with Gasteiger partial charge in [0.05, 0.1) is 5.56 Å². The number of carbonyl (C=O) groups is 1. The van der Waals surface area contributed by atoms with E-state index in [1.54, 1.807) is 0 Å². The summed E-state index contributed by atoms with van der Waals surface area (Å²) in [5.41, 5.74) is 4.67. The van der Waals surface area contributed by atoms with Gasteiger partial charge < -0.3 is 4.74 Å². The van der Waals surface area contributed by atoms with Crippen molar-refractivity contribution >= 4 is 5.97 Å². The van der Waals surface area contributed by atoms with Crippen molar-refractivity contribution in [2.24, 2.45) is 0 Å². The van der Waals surface area contributed by atoms with E-state index in [1.807, 2.05) is 12.1 Å². The van der Waals surface area contributed by atoms with E-state index in [1.165, 1.54) is 23.1 Å². The SMILES string of the molecule is Cc1ccc2c3c1CCCCC3OC2=O. The Bertz CT molecular complexity index is 434. The molecule has 2 nitrogen and oxygen atoms in total. The maximum absolute atomic E-state index is 11.6. The summed E-state index contributed by atoms with van der Waals surface area (Å²) in [7, 11) is 0. The molecular weight excluding hydrogens is 188 g/mol. The highest BCUT2D eigenvalue weighted by Crippen LogP contribution is 2.40. The summed E-state index contributed by atoms with van der Waals surface area (Å²) in [5, 5.41) is 0. The van der Waals surface area contributed by atoms with Crippen molar-refractivity contribution in [3.05, 3.63) is 34.4 Å². The highest BCUT2D eigenvalue weighted by Gasteiger charge is 2.34. The molecule has 0 bridgehead atoms. The van der Waals surface area contributed by atoms with Crippen molar-refractivity contribution in [3.8, 4) is 0 Å². The zero-order valence-electron chi connectivity index (χ0n) is 8.88. The second-order valence-electron chi connectivity index (χ2n) is 4.46. The van der Waals surface area contributed by atoms with Crippen molar-refractivity contribution in [3.63, 3.8) is 0 Å². The third-order valence-electron chi connectivity index (χ3n) is 3.53. The monoisotopic (exact) mass is 202 g/mol. The zero-order chi connectivity index (χ0) is 10.4. The summed E-state index contributed by atoms with van der Waals surface area (Å²) >= 11 is 0. The van der Waals surface area contributed by atoms with Crippen molar-refractivity contribution < 1.29 is 9.53 Å². The second kappa shape index (κ2) is 3.09. The maximum Gasteiger partial charge on any atom is 0.339 e. The van der Waals surface area contributed by atoms with E-state index in [0.29, 0.717) is 0 Å². The number of rotatable bonds is 0. The summed E-state index contributed by atoms with van der Waals surface area (Å²) in [5.74, 6) is -0.127. The fourth-order valence-electron chi connectivity index (χ4n) is 2.74. The van der Waals surface area contributed by atoms with E-state index in [0.717, 1.165) is 24.8 Å². The van der Waals surface area contributed by atoms with Gasteiger partial charge in [-0.2, -0.15) is 0 Å². The molecule has 15 heavy (non-hydrogen) atoms. The average molecular weight is 202 g/mol. The molecule has 0 radical (unpaired) electrons. The van der Waals surface area contributed by atoms with Crippen LogP contribution in [0.15, 0.2) is 12.1 Å². The third kappa shape index (κ3) is 1.21. The molecule has 0 fully saturated rings. The molecule has 3 rings (SSSR count). The molecule has 1 aromatic carbocycles. The molecular formula is C13H14O2. The minimum atomic E-state index is -0.127. The molecule has 2 aliphatic rings. The molecule has 0 aromatic heterocycles. The Morgan fingerprint density at radius 2 is 2.20 bits per heavy atom. The van der Waals surface area contributed by atoms with Crippen LogP contribution in [0.25, 0.3) is 0 Å². The van der Waals surface area contributed by atoms with E-state index in [4.69, 9.17) is 4.74 Å². The average Bonchev–Trinajstić information content (AvgIpc) is 2.43. The summed E-state index contributed by atoms with van der Waals surface area (Å²) in [6.07, 6.45) is 4.51. The molecule has 1 heterocycles. The fourth-order valence-corrected chi connectivity index (χ4v) is 2.74. The van der Waals surface area contributed by atoms with Gasteiger partial charge in [0, 0.05) is 5.56 Å². The lowest BCUT2D eigenvalue weighted by molar-refractivity contribution is 0.0367. The first-order valence-corrected chi connectivity index (χ1v) is 5.61. The number of carbonyl (C=O) groups excluding carboxylic acids is 1. The van der Waals surface area contributed by atoms with E-state index in [2.05, 4.69) is 6.92 Å². The van der Waals surface area contributed by atoms with E-state index < -0.39 is 0 Å². The van der Waals surface area contributed by atoms with Gasteiger partial charge in [0.1, 0.15) is 6.10 Å². The minimum Gasteiger partial charge on any atom is -0.454 e. The number of hydrogen-bond acceptors (Lipinski definition) is 2. The van der Waals surface area contributed by atoms with Gasteiger partial charge in [0.25, 0.3) is 0 Å². The van der Waals surface area contributed by atoms with Crippen LogP contribution in [-0.2, 0) is 11.2 Å². The molecule has 0 saturated heterocycles. The quantitative estimate of drug-likeness (QED) is 0.604. The molecule has 0 spiro atoms. The van der Waals surface area contributed by atoms with Gasteiger partial charge in [-0.1, -0.05) is 6.07 Å². The van der Waals surface area contributed by atoms with Gasteiger partial charge in [-0.25, -0.2) is 4.79 Å². The van der Waals surface area contributed by atoms with Crippen LogP contribution < -0.4 is 0 Å². The van der Waals surface area contributed by atoms with Crippen LogP contribution >= 0.6 is 0 Å². The number of aryl methyl sites for hydroxylation is 1. The van der Waals surface area contributed by atoms with Crippen molar-refractivity contribution in [2.75, 3.05) is 0 Å². The van der Waals surface area contributed by atoms with Gasteiger partial charge >= 0.3 is 5.97 Å². The van der Waals surface area contributed by atoms with Crippen LogP contribution in [-0.4, -0.2) is 5.97 Å². The number of hydrogen-bond donors (Lipinski definition) is 0. The Kier molecular flexibility index (Phi) is 1.84. The van der Waals surface area contributed by atoms with Crippen molar-refractivity contribution in [2.45, 2.75) is 38.7 Å². The van der Waals surface area contributed by atoms with Crippen LogP contribution in [0.3, 0.4) is 0 Å². The van der Waals surface area contributed by atoms with Gasteiger partial charge in [0.2, 0.25) is 0 Å². The van der Waals surface area contributed by atoms with Gasteiger partial charge in [-0.3, -0.25) is 0 Å². The van der Waals surface area contributed by atoms with Crippen LogP contribution in [0.2, 0.25) is 0 Å². The Morgan fingerprint density at radius 1 is 1.33 bits per heavy atom. The highest BCUT2D eigenvalue weighted by molar-refractivity contribution is 5.94. The molecule has 0 amide bonds. The number of ether oxygens (including phenoxy) is 1. The molecule has 78 valence electrons. The van der Waals surface area contributed by atoms with E-state index in [-0.39, 0.29) is 12.1 Å². The lowest BCUT2D eigenvalue weighted by Crippen LogP contribution is -1.98. The van der Waals surface area contributed by atoms with Gasteiger partial charge in [-0.05, 0) is 49.8 Å². The molecule has 1 aromatic rings. The molecule has 0 N–H and O–H groups in total. The fraction of sp³-hybridized carbons (Fsp3) is 0.462. The predicted molar refractivity (Wildman–Crippen MR) is 56.9 cm³/mol.